The molecule has 6 heteroatoms. The average molecular weight is 207 g/mol. The van der Waals surface area contributed by atoms with E-state index in [0.29, 0.717) is 5.75 Å². The van der Waals surface area contributed by atoms with Crippen LogP contribution in [0.5, 0.6) is 0 Å². The molecule has 13 heavy (non-hydrogen) atoms. The highest BCUT2D eigenvalue weighted by atomic mass is 32.2. The fourth-order valence-corrected chi connectivity index (χ4v) is 1.39. The zero-order valence-corrected chi connectivity index (χ0v) is 8.13. The largest absolute Gasteiger partial charge is 0.481 e. The van der Waals surface area contributed by atoms with Crippen molar-refractivity contribution in [3.63, 3.8) is 0 Å². The number of hydrogen-bond donors (Lipinski definition) is 3. The van der Waals surface area contributed by atoms with Gasteiger partial charge in [-0.3, -0.25) is 9.59 Å². The van der Waals surface area contributed by atoms with Gasteiger partial charge in [-0.1, -0.05) is 0 Å². The Hall–Kier alpha value is -0.750. The van der Waals surface area contributed by atoms with Crippen LogP contribution < -0.4 is 5.73 Å². The third-order valence-electron chi connectivity index (χ3n) is 1.64. The van der Waals surface area contributed by atoms with Crippen LogP contribution in [0.3, 0.4) is 0 Å². The lowest BCUT2D eigenvalue weighted by Crippen LogP contribution is -2.50. The monoisotopic (exact) mass is 207 g/mol. The van der Waals surface area contributed by atoms with Crippen molar-refractivity contribution < 1.29 is 19.8 Å². The predicted molar refractivity (Wildman–Crippen MR) is 49.8 cm³/mol. The van der Waals surface area contributed by atoms with Crippen LogP contribution in [0, 0.1) is 0 Å². The SMILES string of the molecule is CSCCC(N)(CC(=O)O)C(=O)O. The van der Waals surface area contributed by atoms with Crippen LogP contribution in [-0.2, 0) is 9.59 Å². The molecule has 0 radical (unpaired) electrons. The number of carboxylic acid groups (broad SMARTS) is 2. The summed E-state index contributed by atoms with van der Waals surface area (Å²) in [5, 5.41) is 17.2. The first kappa shape index (κ1) is 12.2. The van der Waals surface area contributed by atoms with E-state index >= 15 is 0 Å². The fraction of sp³-hybridized carbons (Fsp3) is 0.714. The molecule has 1 unspecified atom stereocenters. The standard InChI is InChI=1S/C7H13NO4S/c1-13-3-2-7(8,6(11)12)4-5(9)10/h2-4,8H2,1H3,(H,9,10)(H,11,12). The number of hydrogen-bond acceptors (Lipinski definition) is 4. The van der Waals surface area contributed by atoms with Crippen molar-refractivity contribution in [2.24, 2.45) is 5.73 Å². The first-order valence-electron chi connectivity index (χ1n) is 3.65. The Labute approximate surface area is 80.3 Å². The average Bonchev–Trinajstić information content (AvgIpc) is 1.99. The number of nitrogens with two attached hydrogens (primary N) is 1. The quantitative estimate of drug-likeness (QED) is 0.566. The molecule has 0 saturated carbocycles. The predicted octanol–water partition coefficient (Wildman–Crippen LogP) is -0.00370. The molecule has 0 aliphatic rings. The first-order valence-corrected chi connectivity index (χ1v) is 5.05. The normalized spacial score (nSPS) is 14.9. The molecule has 76 valence electrons. The van der Waals surface area contributed by atoms with E-state index in [1.807, 2.05) is 6.26 Å². The second-order valence-electron chi connectivity index (χ2n) is 2.77. The number of carbonyl (C=O) groups is 2. The summed E-state index contributed by atoms with van der Waals surface area (Å²) in [6.07, 6.45) is 1.43. The third kappa shape index (κ3) is 4.14. The van der Waals surface area contributed by atoms with Gasteiger partial charge in [-0.05, 0) is 18.4 Å². The van der Waals surface area contributed by atoms with Crippen molar-refractivity contribution in [3.05, 3.63) is 0 Å². The van der Waals surface area contributed by atoms with Gasteiger partial charge >= 0.3 is 11.9 Å². The molecule has 0 heterocycles. The highest BCUT2D eigenvalue weighted by molar-refractivity contribution is 7.98. The van der Waals surface area contributed by atoms with Crippen LogP contribution >= 0.6 is 11.8 Å². The molecule has 0 aliphatic heterocycles. The Morgan fingerprint density at radius 1 is 1.46 bits per heavy atom. The van der Waals surface area contributed by atoms with Crippen LogP contribution in [0.4, 0.5) is 0 Å². The minimum absolute atomic E-state index is 0.163. The maximum atomic E-state index is 10.7. The number of carboxylic acids is 2. The first-order chi connectivity index (χ1) is 5.92. The summed E-state index contributed by atoms with van der Waals surface area (Å²) in [6, 6.07) is 0. The molecule has 0 saturated heterocycles. The Morgan fingerprint density at radius 2 is 2.00 bits per heavy atom. The van der Waals surface area contributed by atoms with Crippen LogP contribution in [0.25, 0.3) is 0 Å². The van der Waals surface area contributed by atoms with Gasteiger partial charge in [-0.25, -0.2) is 0 Å². The van der Waals surface area contributed by atoms with Crippen molar-refractivity contribution in [2.75, 3.05) is 12.0 Å². The molecular weight excluding hydrogens is 194 g/mol. The van der Waals surface area contributed by atoms with Crippen molar-refractivity contribution in [3.8, 4) is 0 Å². The van der Waals surface area contributed by atoms with E-state index < -0.39 is 23.9 Å². The second-order valence-corrected chi connectivity index (χ2v) is 3.76. The maximum absolute atomic E-state index is 10.7. The molecule has 0 aromatic rings. The Bertz CT molecular complexity index is 209. The summed E-state index contributed by atoms with van der Waals surface area (Å²) >= 11 is 1.44. The highest BCUT2D eigenvalue weighted by Gasteiger charge is 2.35. The van der Waals surface area contributed by atoms with Gasteiger partial charge in [0.25, 0.3) is 0 Å². The Morgan fingerprint density at radius 3 is 2.31 bits per heavy atom. The van der Waals surface area contributed by atoms with Gasteiger partial charge in [-0.15, -0.1) is 0 Å². The minimum atomic E-state index is -1.63. The minimum Gasteiger partial charge on any atom is -0.481 e. The van der Waals surface area contributed by atoms with E-state index in [4.69, 9.17) is 15.9 Å². The van der Waals surface area contributed by atoms with Gasteiger partial charge in [0, 0.05) is 0 Å². The summed E-state index contributed by atoms with van der Waals surface area (Å²) in [7, 11) is 0. The van der Waals surface area contributed by atoms with Gasteiger partial charge in [0.15, 0.2) is 0 Å². The molecule has 0 aromatic carbocycles. The van der Waals surface area contributed by atoms with Crippen LogP contribution in [0.15, 0.2) is 0 Å². The molecule has 0 fully saturated rings. The lowest BCUT2D eigenvalue weighted by Gasteiger charge is -2.21. The zero-order chi connectivity index (χ0) is 10.5. The lowest BCUT2D eigenvalue weighted by atomic mass is 9.94. The van der Waals surface area contributed by atoms with Gasteiger partial charge in [0.05, 0.1) is 6.42 Å². The van der Waals surface area contributed by atoms with E-state index in [9.17, 15) is 9.59 Å². The van der Waals surface area contributed by atoms with Gasteiger partial charge in [0.1, 0.15) is 5.54 Å². The summed E-state index contributed by atoms with van der Waals surface area (Å²) in [5.41, 5.74) is 3.80. The van der Waals surface area contributed by atoms with Crippen LogP contribution in [0.1, 0.15) is 12.8 Å². The van der Waals surface area contributed by atoms with E-state index in [2.05, 4.69) is 0 Å². The van der Waals surface area contributed by atoms with E-state index in [0.717, 1.165) is 0 Å². The third-order valence-corrected chi connectivity index (χ3v) is 2.26. The lowest BCUT2D eigenvalue weighted by molar-refractivity contribution is -0.149. The summed E-state index contributed by atoms with van der Waals surface area (Å²) in [6.45, 7) is 0. The van der Waals surface area contributed by atoms with Crippen molar-refractivity contribution in [1.29, 1.82) is 0 Å². The summed E-state index contributed by atoms with van der Waals surface area (Å²) in [4.78, 5) is 21.0. The van der Waals surface area contributed by atoms with Crippen LogP contribution in [-0.4, -0.2) is 39.7 Å². The molecule has 1 atom stereocenters. The molecule has 0 aliphatic carbocycles. The van der Waals surface area contributed by atoms with E-state index in [1.54, 1.807) is 0 Å². The fourth-order valence-electron chi connectivity index (χ4n) is 0.825. The van der Waals surface area contributed by atoms with Crippen LogP contribution in [0.2, 0.25) is 0 Å². The summed E-state index contributed by atoms with van der Waals surface area (Å²) in [5.74, 6) is -1.91. The van der Waals surface area contributed by atoms with Gasteiger partial charge in [-0.2, -0.15) is 11.8 Å². The topological polar surface area (TPSA) is 101 Å². The van der Waals surface area contributed by atoms with Crippen molar-refractivity contribution in [2.45, 2.75) is 18.4 Å². The molecule has 5 nitrogen and oxygen atoms in total. The molecule has 0 rings (SSSR count). The zero-order valence-electron chi connectivity index (χ0n) is 7.32. The van der Waals surface area contributed by atoms with Gasteiger partial charge in [0.2, 0.25) is 0 Å². The molecule has 0 aromatic heterocycles. The number of thioether (sulfide) groups is 1. The molecule has 4 N–H and O–H groups in total. The number of rotatable bonds is 6. The Kier molecular flexibility index (Phi) is 4.79. The van der Waals surface area contributed by atoms with Crippen molar-refractivity contribution >= 4 is 23.7 Å². The maximum Gasteiger partial charge on any atom is 0.324 e. The molecule has 0 spiro atoms. The van der Waals surface area contributed by atoms with Crippen molar-refractivity contribution in [1.82, 2.24) is 0 Å². The molecular formula is C7H13NO4S. The van der Waals surface area contributed by atoms with E-state index in [1.165, 1.54) is 11.8 Å². The number of aliphatic carboxylic acids is 2. The molecule has 0 amide bonds. The highest BCUT2D eigenvalue weighted by Crippen LogP contribution is 2.15. The van der Waals surface area contributed by atoms with E-state index in [-0.39, 0.29) is 6.42 Å². The second kappa shape index (κ2) is 5.08. The summed E-state index contributed by atoms with van der Waals surface area (Å²) < 4.78 is 0. The molecule has 0 bridgehead atoms. The Balaban J connectivity index is 4.34. The van der Waals surface area contributed by atoms with Gasteiger partial charge < -0.3 is 15.9 Å². The smallest absolute Gasteiger partial charge is 0.324 e.